The number of H-pyrrole nitrogens is 1. The summed E-state index contributed by atoms with van der Waals surface area (Å²) < 4.78 is 17.9. The average Bonchev–Trinajstić information content (AvgIpc) is 3.37. The summed E-state index contributed by atoms with van der Waals surface area (Å²) in [6.07, 6.45) is 9.51. The zero-order chi connectivity index (χ0) is 23.9. The number of aromatic nitrogens is 2. The molecule has 1 N–H and O–H groups in total. The van der Waals surface area contributed by atoms with E-state index in [4.69, 9.17) is 19.0 Å². The molecule has 172 valence electrons. The van der Waals surface area contributed by atoms with Crippen LogP contribution in [-0.2, 0) is 14.0 Å². The molecule has 0 bridgehead atoms. The first-order valence-electron chi connectivity index (χ1n) is 11.0. The highest BCUT2D eigenvalue weighted by atomic mass is 16.7. The minimum absolute atomic E-state index is 0.104. The lowest BCUT2D eigenvalue weighted by Crippen LogP contribution is -2.41. The van der Waals surface area contributed by atoms with Gasteiger partial charge in [0.1, 0.15) is 11.4 Å². The molecule has 2 fully saturated rings. The third-order valence-electron chi connectivity index (χ3n) is 6.25. The van der Waals surface area contributed by atoms with E-state index in [1.54, 1.807) is 4.90 Å². The minimum atomic E-state index is -0.518. The topological polar surface area (TPSA) is 76.7 Å². The van der Waals surface area contributed by atoms with Crippen molar-refractivity contribution in [1.82, 2.24) is 14.9 Å². The standard InChI is InChI=1S/C22H32BN3O4.C2H2/c1-20(2,3)28-19(27)26-12-8-9-17(26)18-24-15-11-10-14(13-16(15)25-18)23-29-21(4,5)22(6,7)30-23;1-2/h10-11,13,17H,8-9,12H2,1-7H3,(H,24,25);1-2H/t17-;/m0./s1. The van der Waals surface area contributed by atoms with Crippen LogP contribution in [0.25, 0.3) is 11.0 Å². The SMILES string of the molecule is C#C.CC(C)(C)OC(=O)N1CCC[C@H]1c1nc2ccc(B3OC(C)(C)C(C)(C)O3)cc2[nH]1. The second-order valence-electron chi connectivity index (χ2n) is 10.3. The highest BCUT2D eigenvalue weighted by Crippen LogP contribution is 2.37. The van der Waals surface area contributed by atoms with Crippen molar-refractivity contribution in [2.45, 2.75) is 84.2 Å². The summed E-state index contributed by atoms with van der Waals surface area (Å²) in [5.41, 5.74) is 1.43. The minimum Gasteiger partial charge on any atom is -0.444 e. The number of imidazole rings is 1. The number of amides is 1. The van der Waals surface area contributed by atoms with Crippen LogP contribution in [-0.4, -0.2) is 51.4 Å². The quantitative estimate of drug-likeness (QED) is 0.561. The van der Waals surface area contributed by atoms with Crippen molar-refractivity contribution >= 4 is 29.7 Å². The number of hydrogen-bond acceptors (Lipinski definition) is 5. The van der Waals surface area contributed by atoms with Crippen LogP contribution in [0.15, 0.2) is 18.2 Å². The van der Waals surface area contributed by atoms with Gasteiger partial charge in [-0.2, -0.15) is 0 Å². The van der Waals surface area contributed by atoms with Gasteiger partial charge in [0.05, 0.1) is 28.3 Å². The zero-order valence-electron chi connectivity index (χ0n) is 20.2. The maximum absolute atomic E-state index is 12.6. The Bertz CT molecular complexity index is 990. The largest absolute Gasteiger partial charge is 0.494 e. The van der Waals surface area contributed by atoms with Crippen molar-refractivity contribution < 1.29 is 18.8 Å². The molecule has 3 heterocycles. The maximum Gasteiger partial charge on any atom is 0.494 e. The molecule has 2 aromatic rings. The van der Waals surface area contributed by atoms with Gasteiger partial charge in [-0.15, -0.1) is 12.8 Å². The number of aromatic amines is 1. The van der Waals surface area contributed by atoms with Crippen LogP contribution in [0.1, 0.15) is 73.2 Å². The second kappa shape index (κ2) is 8.45. The molecule has 0 unspecified atom stereocenters. The Labute approximate surface area is 191 Å². The molecule has 4 rings (SSSR count). The van der Waals surface area contributed by atoms with Crippen LogP contribution in [0.2, 0.25) is 0 Å². The number of terminal acetylenes is 1. The van der Waals surface area contributed by atoms with Crippen LogP contribution >= 0.6 is 0 Å². The van der Waals surface area contributed by atoms with Crippen molar-refractivity contribution in [3.05, 3.63) is 24.0 Å². The fourth-order valence-electron chi connectivity index (χ4n) is 3.92. The number of hydrogen-bond donors (Lipinski definition) is 1. The molecule has 32 heavy (non-hydrogen) atoms. The van der Waals surface area contributed by atoms with E-state index in [2.05, 4.69) is 17.8 Å². The van der Waals surface area contributed by atoms with E-state index < -0.39 is 12.7 Å². The lowest BCUT2D eigenvalue weighted by molar-refractivity contribution is 0.00578. The van der Waals surface area contributed by atoms with E-state index in [9.17, 15) is 4.79 Å². The number of nitrogens with zero attached hydrogens (tertiary/aromatic N) is 2. The predicted octanol–water partition coefficient (Wildman–Crippen LogP) is 4.18. The molecule has 1 amide bonds. The molecule has 0 saturated carbocycles. The van der Waals surface area contributed by atoms with Gasteiger partial charge in [0, 0.05) is 6.54 Å². The first-order valence-corrected chi connectivity index (χ1v) is 11.0. The Hall–Kier alpha value is -2.50. The van der Waals surface area contributed by atoms with Crippen molar-refractivity contribution in [3.8, 4) is 12.8 Å². The summed E-state index contributed by atoms with van der Waals surface area (Å²) in [7, 11) is -0.420. The smallest absolute Gasteiger partial charge is 0.444 e. The summed E-state index contributed by atoms with van der Waals surface area (Å²) in [5.74, 6) is 0.791. The lowest BCUT2D eigenvalue weighted by atomic mass is 9.79. The molecular formula is C24H34BN3O4. The van der Waals surface area contributed by atoms with Gasteiger partial charge in [-0.05, 0) is 78.9 Å². The average molecular weight is 439 g/mol. The van der Waals surface area contributed by atoms with E-state index in [0.29, 0.717) is 6.54 Å². The van der Waals surface area contributed by atoms with Crippen LogP contribution in [0.4, 0.5) is 4.79 Å². The Morgan fingerprint density at radius 2 is 1.84 bits per heavy atom. The first-order chi connectivity index (χ1) is 14.9. The molecule has 1 aromatic carbocycles. The zero-order valence-corrected chi connectivity index (χ0v) is 20.2. The summed E-state index contributed by atoms with van der Waals surface area (Å²) in [6, 6.07) is 5.89. The third kappa shape index (κ3) is 4.64. The fourth-order valence-corrected chi connectivity index (χ4v) is 3.92. The van der Waals surface area contributed by atoms with Gasteiger partial charge in [0.25, 0.3) is 0 Å². The fraction of sp³-hybridized carbons (Fsp3) is 0.583. The number of fused-ring (bicyclic) bond motifs is 1. The summed E-state index contributed by atoms with van der Waals surface area (Å²) in [5, 5.41) is 0. The maximum atomic E-state index is 12.6. The Kier molecular flexibility index (Phi) is 6.38. The van der Waals surface area contributed by atoms with Crippen molar-refractivity contribution in [2.75, 3.05) is 6.54 Å². The van der Waals surface area contributed by atoms with Gasteiger partial charge in [0.2, 0.25) is 0 Å². The number of carbonyl (C=O) groups excluding carboxylic acids is 1. The first kappa shape index (κ1) is 24.2. The number of rotatable bonds is 2. The van der Waals surface area contributed by atoms with E-state index in [1.807, 2.05) is 66.7 Å². The van der Waals surface area contributed by atoms with Crippen LogP contribution in [0.3, 0.4) is 0 Å². The van der Waals surface area contributed by atoms with Gasteiger partial charge in [-0.3, -0.25) is 4.90 Å². The van der Waals surface area contributed by atoms with Gasteiger partial charge in [-0.25, -0.2) is 9.78 Å². The lowest BCUT2D eigenvalue weighted by Gasteiger charge is -2.32. The van der Waals surface area contributed by atoms with Crippen molar-refractivity contribution in [2.24, 2.45) is 0 Å². The Balaban J connectivity index is 0.00000141. The predicted molar refractivity (Wildman–Crippen MR) is 127 cm³/mol. The van der Waals surface area contributed by atoms with Crippen LogP contribution < -0.4 is 5.46 Å². The normalized spacial score (nSPS) is 22.0. The summed E-state index contributed by atoms with van der Waals surface area (Å²) in [4.78, 5) is 22.6. The van der Waals surface area contributed by atoms with E-state index in [0.717, 1.165) is 35.2 Å². The number of ether oxygens (including phenoxy) is 1. The summed E-state index contributed by atoms with van der Waals surface area (Å²) >= 11 is 0. The van der Waals surface area contributed by atoms with Crippen LogP contribution in [0, 0.1) is 12.8 Å². The molecule has 2 aliphatic rings. The highest BCUT2D eigenvalue weighted by Gasteiger charge is 2.51. The Morgan fingerprint density at radius 1 is 1.22 bits per heavy atom. The molecule has 0 spiro atoms. The van der Waals surface area contributed by atoms with Gasteiger partial charge >= 0.3 is 13.2 Å². The second-order valence-corrected chi connectivity index (χ2v) is 10.3. The van der Waals surface area contributed by atoms with E-state index in [1.165, 1.54) is 0 Å². The number of carbonyl (C=O) groups is 1. The Morgan fingerprint density at radius 3 is 2.44 bits per heavy atom. The molecule has 8 heteroatoms. The number of nitrogens with one attached hydrogen (secondary N) is 1. The van der Waals surface area contributed by atoms with E-state index in [-0.39, 0.29) is 23.3 Å². The molecule has 1 atom stereocenters. The molecule has 2 saturated heterocycles. The van der Waals surface area contributed by atoms with Crippen molar-refractivity contribution in [1.29, 1.82) is 0 Å². The molecular weight excluding hydrogens is 405 g/mol. The van der Waals surface area contributed by atoms with E-state index >= 15 is 0 Å². The molecule has 7 nitrogen and oxygen atoms in total. The number of benzene rings is 1. The van der Waals surface area contributed by atoms with Crippen molar-refractivity contribution in [3.63, 3.8) is 0 Å². The summed E-state index contributed by atoms with van der Waals surface area (Å²) in [6.45, 7) is 14.5. The number of likely N-dealkylation sites (tertiary alicyclic amines) is 1. The van der Waals surface area contributed by atoms with Gasteiger partial charge in [0.15, 0.2) is 0 Å². The van der Waals surface area contributed by atoms with Gasteiger partial charge in [-0.1, -0.05) is 6.07 Å². The third-order valence-corrected chi connectivity index (χ3v) is 6.25. The highest BCUT2D eigenvalue weighted by molar-refractivity contribution is 6.62. The molecule has 0 aliphatic carbocycles. The molecule has 2 aliphatic heterocycles. The molecule has 0 radical (unpaired) electrons. The van der Waals surface area contributed by atoms with Gasteiger partial charge < -0.3 is 19.0 Å². The monoisotopic (exact) mass is 439 g/mol. The molecule has 1 aromatic heterocycles. The van der Waals surface area contributed by atoms with Crippen LogP contribution in [0.5, 0.6) is 0 Å².